The Morgan fingerprint density at radius 3 is 2.69 bits per heavy atom. The van der Waals surface area contributed by atoms with Crippen molar-refractivity contribution in [2.45, 2.75) is 33.2 Å². The Kier molecular flexibility index (Phi) is 6.38. The zero-order valence-corrected chi connectivity index (χ0v) is 19.0. The molecule has 29 heavy (non-hydrogen) atoms. The minimum absolute atomic E-state index is 0.0447. The Hall–Kier alpha value is -1.87. The van der Waals surface area contributed by atoms with Gasteiger partial charge in [0.15, 0.2) is 16.4 Å². The van der Waals surface area contributed by atoms with Gasteiger partial charge in [-0.1, -0.05) is 29.8 Å². The van der Waals surface area contributed by atoms with Crippen LogP contribution in [0.4, 0.5) is 0 Å². The van der Waals surface area contributed by atoms with Gasteiger partial charge in [0.1, 0.15) is 5.58 Å². The van der Waals surface area contributed by atoms with Gasteiger partial charge >= 0.3 is 5.97 Å². The highest BCUT2D eigenvalue weighted by atomic mass is 79.9. The molecule has 1 aliphatic heterocycles. The summed E-state index contributed by atoms with van der Waals surface area (Å²) < 4.78 is 35.3. The second kappa shape index (κ2) is 8.47. The number of furan rings is 1. The number of ether oxygens (including phenoxy) is 1. The lowest BCUT2D eigenvalue weighted by molar-refractivity contribution is -0.137. The molecule has 0 aliphatic carbocycles. The van der Waals surface area contributed by atoms with E-state index in [0.29, 0.717) is 24.1 Å². The molecule has 3 rings (SSSR count). The van der Waals surface area contributed by atoms with Crippen molar-refractivity contribution in [1.29, 1.82) is 0 Å². The number of rotatable bonds is 6. The van der Waals surface area contributed by atoms with Gasteiger partial charge in [0.05, 0.1) is 11.5 Å². The van der Waals surface area contributed by atoms with E-state index in [2.05, 4.69) is 15.9 Å². The van der Waals surface area contributed by atoms with E-state index in [9.17, 15) is 18.0 Å². The number of aryl methyl sites for hydroxylation is 1. The third kappa shape index (κ3) is 5.01. The van der Waals surface area contributed by atoms with Crippen LogP contribution >= 0.6 is 15.9 Å². The molecule has 1 aromatic carbocycles. The molecule has 1 aromatic heterocycles. The SMILES string of the molecule is Cc1c(C(=O)OCC(=O)N(CC(C)C)C2CCS(=O)(=O)C2)oc2ccc(Br)cc12. The van der Waals surface area contributed by atoms with E-state index >= 15 is 0 Å². The average molecular weight is 486 g/mol. The van der Waals surface area contributed by atoms with Crippen molar-refractivity contribution in [3.05, 3.63) is 34.0 Å². The van der Waals surface area contributed by atoms with Crippen molar-refractivity contribution in [3.8, 4) is 0 Å². The van der Waals surface area contributed by atoms with Crippen LogP contribution in [0.25, 0.3) is 11.0 Å². The third-order valence-corrected chi connectivity index (χ3v) is 7.19. The summed E-state index contributed by atoms with van der Waals surface area (Å²) in [5.41, 5.74) is 1.20. The molecule has 0 N–H and O–H groups in total. The fourth-order valence-corrected chi connectivity index (χ4v) is 5.62. The molecule has 0 bridgehead atoms. The molecule has 1 unspecified atom stereocenters. The number of hydrogen-bond donors (Lipinski definition) is 0. The number of carbonyl (C=O) groups excluding carboxylic acids is 2. The second-order valence-electron chi connectivity index (χ2n) is 7.77. The fraction of sp³-hybridized carbons (Fsp3) is 0.500. The van der Waals surface area contributed by atoms with E-state index in [0.717, 1.165) is 9.86 Å². The number of carbonyl (C=O) groups is 2. The number of halogens is 1. The van der Waals surface area contributed by atoms with Gasteiger partial charge in [-0.15, -0.1) is 0 Å². The van der Waals surface area contributed by atoms with Crippen LogP contribution in [0.2, 0.25) is 0 Å². The fourth-order valence-electron chi connectivity index (χ4n) is 3.53. The van der Waals surface area contributed by atoms with E-state index in [1.807, 2.05) is 26.0 Å². The standard InChI is InChI=1S/C20H24BrNO6S/c1-12(2)9-22(15-6-7-29(25,26)11-15)18(23)10-27-20(24)19-13(3)16-8-14(21)4-5-17(16)28-19/h4-5,8,12,15H,6-7,9-11H2,1-3H3. The Bertz CT molecular complexity index is 1040. The van der Waals surface area contributed by atoms with Crippen LogP contribution in [0.15, 0.2) is 27.1 Å². The monoisotopic (exact) mass is 485 g/mol. The van der Waals surface area contributed by atoms with Gasteiger partial charge in [-0.3, -0.25) is 4.79 Å². The van der Waals surface area contributed by atoms with Crippen LogP contribution in [-0.4, -0.2) is 55.9 Å². The predicted molar refractivity (Wildman–Crippen MR) is 113 cm³/mol. The summed E-state index contributed by atoms with van der Waals surface area (Å²) in [5, 5.41) is 0.787. The largest absolute Gasteiger partial charge is 0.450 e. The number of benzene rings is 1. The average Bonchev–Trinajstić information content (AvgIpc) is 3.17. The summed E-state index contributed by atoms with van der Waals surface area (Å²) in [6.45, 7) is 5.61. The van der Waals surface area contributed by atoms with Crippen molar-refractivity contribution >= 4 is 48.6 Å². The van der Waals surface area contributed by atoms with Crippen LogP contribution < -0.4 is 0 Å². The molecular weight excluding hydrogens is 462 g/mol. The van der Waals surface area contributed by atoms with Crippen molar-refractivity contribution in [2.75, 3.05) is 24.7 Å². The number of sulfone groups is 1. The number of fused-ring (bicyclic) bond motifs is 1. The summed E-state index contributed by atoms with van der Waals surface area (Å²) in [4.78, 5) is 26.8. The lowest BCUT2D eigenvalue weighted by Crippen LogP contribution is -2.45. The van der Waals surface area contributed by atoms with E-state index in [-0.39, 0.29) is 29.2 Å². The maximum atomic E-state index is 12.7. The highest BCUT2D eigenvalue weighted by Crippen LogP contribution is 2.28. The Labute approximate surface area is 178 Å². The summed E-state index contributed by atoms with van der Waals surface area (Å²) in [5.74, 6) is -0.861. The topological polar surface area (TPSA) is 93.9 Å². The number of amides is 1. The zero-order valence-electron chi connectivity index (χ0n) is 16.6. The zero-order chi connectivity index (χ0) is 21.3. The maximum Gasteiger partial charge on any atom is 0.375 e. The molecule has 1 amide bonds. The first-order chi connectivity index (χ1) is 13.6. The van der Waals surface area contributed by atoms with Gasteiger partial charge in [0, 0.05) is 28.0 Å². The van der Waals surface area contributed by atoms with Gasteiger partial charge in [-0.05, 0) is 37.5 Å². The van der Waals surface area contributed by atoms with Crippen molar-refractivity contribution < 1.29 is 27.2 Å². The summed E-state index contributed by atoms with van der Waals surface area (Å²) in [6, 6.07) is 5.03. The first-order valence-electron chi connectivity index (χ1n) is 9.43. The molecule has 7 nitrogen and oxygen atoms in total. The third-order valence-electron chi connectivity index (χ3n) is 4.94. The van der Waals surface area contributed by atoms with E-state index < -0.39 is 28.3 Å². The van der Waals surface area contributed by atoms with Crippen LogP contribution in [-0.2, 0) is 19.4 Å². The Morgan fingerprint density at radius 1 is 1.34 bits per heavy atom. The first kappa shape index (κ1) is 21.8. The van der Waals surface area contributed by atoms with Gasteiger partial charge in [0.25, 0.3) is 5.91 Å². The van der Waals surface area contributed by atoms with Crippen molar-refractivity contribution in [3.63, 3.8) is 0 Å². The molecule has 2 aromatic rings. The summed E-state index contributed by atoms with van der Waals surface area (Å²) >= 11 is 3.39. The molecule has 0 spiro atoms. The highest BCUT2D eigenvalue weighted by Gasteiger charge is 2.35. The predicted octanol–water partition coefficient (Wildman–Crippen LogP) is 3.33. The van der Waals surface area contributed by atoms with Gasteiger partial charge in [-0.25, -0.2) is 13.2 Å². The lowest BCUT2D eigenvalue weighted by atomic mass is 10.1. The minimum Gasteiger partial charge on any atom is -0.450 e. The van der Waals surface area contributed by atoms with E-state index in [4.69, 9.17) is 9.15 Å². The van der Waals surface area contributed by atoms with Crippen LogP contribution in [0.5, 0.6) is 0 Å². The van der Waals surface area contributed by atoms with Gasteiger partial charge in [0.2, 0.25) is 5.76 Å². The lowest BCUT2D eigenvalue weighted by Gasteiger charge is -2.29. The van der Waals surface area contributed by atoms with Gasteiger partial charge < -0.3 is 14.1 Å². The molecule has 0 radical (unpaired) electrons. The maximum absolute atomic E-state index is 12.7. The molecule has 1 saturated heterocycles. The van der Waals surface area contributed by atoms with Crippen molar-refractivity contribution in [2.24, 2.45) is 5.92 Å². The van der Waals surface area contributed by atoms with Crippen LogP contribution in [0.3, 0.4) is 0 Å². The number of esters is 1. The number of hydrogen-bond acceptors (Lipinski definition) is 6. The second-order valence-corrected chi connectivity index (χ2v) is 10.9. The van der Waals surface area contributed by atoms with Gasteiger partial charge in [-0.2, -0.15) is 0 Å². The molecule has 1 fully saturated rings. The molecule has 2 heterocycles. The molecule has 9 heteroatoms. The molecular formula is C20H24BrNO6S. The highest BCUT2D eigenvalue weighted by molar-refractivity contribution is 9.10. The van der Waals surface area contributed by atoms with Crippen molar-refractivity contribution in [1.82, 2.24) is 4.90 Å². The van der Waals surface area contributed by atoms with E-state index in [1.54, 1.807) is 13.0 Å². The molecule has 1 atom stereocenters. The summed E-state index contributed by atoms with van der Waals surface area (Å²) in [6.07, 6.45) is 0.409. The quantitative estimate of drug-likeness (QED) is 0.582. The molecule has 0 saturated carbocycles. The first-order valence-corrected chi connectivity index (χ1v) is 12.0. The molecule has 158 valence electrons. The number of nitrogens with zero attached hydrogens (tertiary/aromatic N) is 1. The molecule has 1 aliphatic rings. The normalized spacial score (nSPS) is 18.3. The van der Waals surface area contributed by atoms with Crippen LogP contribution in [0, 0.1) is 12.8 Å². The van der Waals surface area contributed by atoms with Crippen LogP contribution in [0.1, 0.15) is 36.4 Å². The Balaban J connectivity index is 1.71. The van der Waals surface area contributed by atoms with E-state index in [1.165, 1.54) is 4.90 Å². The Morgan fingerprint density at radius 2 is 2.07 bits per heavy atom. The summed E-state index contributed by atoms with van der Waals surface area (Å²) in [7, 11) is -3.13. The minimum atomic E-state index is -3.13. The smallest absolute Gasteiger partial charge is 0.375 e.